The van der Waals surface area contributed by atoms with Gasteiger partial charge in [-0.15, -0.1) is 0 Å². The van der Waals surface area contributed by atoms with Crippen molar-refractivity contribution in [3.8, 4) is 0 Å². The summed E-state index contributed by atoms with van der Waals surface area (Å²) in [6, 6.07) is 3.19. The lowest BCUT2D eigenvalue weighted by atomic mass is 10.0. The Hall–Kier alpha value is -1.91. The van der Waals surface area contributed by atoms with E-state index in [0.717, 1.165) is 0 Å². The summed E-state index contributed by atoms with van der Waals surface area (Å²) >= 11 is 0. The zero-order valence-corrected chi connectivity index (χ0v) is 10.9. The smallest absolute Gasteiger partial charge is 0.273 e. The van der Waals surface area contributed by atoms with Crippen molar-refractivity contribution in [2.75, 3.05) is 14.1 Å². The molecule has 0 saturated heterocycles. The number of nitrogens with zero attached hydrogens (tertiary/aromatic N) is 3. The first kappa shape index (κ1) is 12.5. The fourth-order valence-electron chi connectivity index (χ4n) is 1.82. The number of aromatic nitrogens is 2. The predicted molar refractivity (Wildman–Crippen MR) is 67.3 cm³/mol. The van der Waals surface area contributed by atoms with Crippen molar-refractivity contribution < 1.29 is 9.18 Å². The molecule has 0 aliphatic rings. The van der Waals surface area contributed by atoms with E-state index in [4.69, 9.17) is 0 Å². The maximum Gasteiger partial charge on any atom is 0.273 e. The molecule has 0 aliphatic carbocycles. The molecule has 18 heavy (non-hydrogen) atoms. The third kappa shape index (κ3) is 1.96. The average Bonchev–Trinajstić information content (AvgIpc) is 2.72. The largest absolute Gasteiger partial charge is 0.343 e. The van der Waals surface area contributed by atoms with Crippen molar-refractivity contribution in [3.63, 3.8) is 0 Å². The second kappa shape index (κ2) is 4.40. The third-order valence-electron chi connectivity index (χ3n) is 2.86. The van der Waals surface area contributed by atoms with Crippen LogP contribution in [0.15, 0.2) is 18.3 Å². The average molecular weight is 249 g/mol. The number of fused-ring (bicyclic) bond motifs is 1. The minimum atomic E-state index is -0.308. The number of pyridine rings is 1. The van der Waals surface area contributed by atoms with Gasteiger partial charge in [-0.25, -0.2) is 8.91 Å². The van der Waals surface area contributed by atoms with Crippen molar-refractivity contribution >= 4 is 11.4 Å². The normalized spacial score (nSPS) is 11.2. The Labute approximate surface area is 105 Å². The zero-order chi connectivity index (χ0) is 13.4. The number of hydrogen-bond acceptors (Lipinski definition) is 2. The molecule has 5 heteroatoms. The molecule has 0 spiro atoms. The number of hydrogen-bond donors (Lipinski definition) is 0. The number of rotatable bonds is 2. The summed E-state index contributed by atoms with van der Waals surface area (Å²) < 4.78 is 15.6. The minimum absolute atomic E-state index is 0.0953. The summed E-state index contributed by atoms with van der Waals surface area (Å²) in [5.74, 6) is -0.445. The van der Waals surface area contributed by atoms with Crippen LogP contribution in [0, 0.1) is 5.82 Å². The van der Waals surface area contributed by atoms with Gasteiger partial charge in [-0.1, -0.05) is 13.8 Å². The van der Waals surface area contributed by atoms with E-state index >= 15 is 0 Å². The summed E-state index contributed by atoms with van der Waals surface area (Å²) in [5, 5.41) is 4.08. The Morgan fingerprint density at radius 1 is 1.44 bits per heavy atom. The molecule has 2 aromatic heterocycles. The highest BCUT2D eigenvalue weighted by Gasteiger charge is 2.17. The number of halogens is 1. The van der Waals surface area contributed by atoms with Gasteiger partial charge in [-0.2, -0.15) is 5.10 Å². The van der Waals surface area contributed by atoms with Gasteiger partial charge in [-0.3, -0.25) is 4.79 Å². The first-order chi connectivity index (χ1) is 8.41. The van der Waals surface area contributed by atoms with E-state index in [1.807, 2.05) is 13.8 Å². The van der Waals surface area contributed by atoms with E-state index < -0.39 is 0 Å². The SMILES string of the molecule is CC(C)c1ccn2nc(C(=O)N(C)C)cc2c1F. The van der Waals surface area contributed by atoms with Gasteiger partial charge in [0, 0.05) is 20.3 Å². The molecule has 0 N–H and O–H groups in total. The summed E-state index contributed by atoms with van der Waals surface area (Å²) in [6.45, 7) is 3.86. The Balaban J connectivity index is 2.59. The van der Waals surface area contributed by atoms with Crippen LogP contribution in [0.4, 0.5) is 4.39 Å². The molecule has 0 saturated carbocycles. The molecule has 96 valence electrons. The lowest BCUT2D eigenvalue weighted by molar-refractivity contribution is 0.0821. The molecule has 0 radical (unpaired) electrons. The van der Waals surface area contributed by atoms with E-state index in [9.17, 15) is 9.18 Å². The Bertz CT molecular complexity index is 602. The first-order valence-electron chi connectivity index (χ1n) is 5.81. The minimum Gasteiger partial charge on any atom is -0.343 e. The van der Waals surface area contributed by atoms with Crippen LogP contribution in [0.2, 0.25) is 0 Å². The molecular formula is C13H16FN3O. The molecule has 2 aromatic rings. The fraction of sp³-hybridized carbons (Fsp3) is 0.385. The van der Waals surface area contributed by atoms with E-state index in [1.165, 1.54) is 15.5 Å². The van der Waals surface area contributed by atoms with E-state index in [-0.39, 0.29) is 23.3 Å². The van der Waals surface area contributed by atoms with Gasteiger partial charge in [0.1, 0.15) is 5.52 Å². The highest BCUT2D eigenvalue weighted by atomic mass is 19.1. The Kier molecular flexibility index (Phi) is 3.07. The second-order valence-electron chi connectivity index (χ2n) is 4.80. The van der Waals surface area contributed by atoms with Gasteiger partial charge in [0.15, 0.2) is 11.5 Å². The monoisotopic (exact) mass is 249 g/mol. The van der Waals surface area contributed by atoms with Gasteiger partial charge in [-0.05, 0) is 23.6 Å². The Morgan fingerprint density at radius 2 is 2.11 bits per heavy atom. The fourth-order valence-corrected chi connectivity index (χ4v) is 1.82. The molecule has 0 unspecified atom stereocenters. The van der Waals surface area contributed by atoms with Crippen LogP contribution in [-0.2, 0) is 0 Å². The molecule has 2 heterocycles. The number of carbonyl (C=O) groups excluding carboxylic acids is 1. The van der Waals surface area contributed by atoms with Gasteiger partial charge >= 0.3 is 0 Å². The number of amides is 1. The van der Waals surface area contributed by atoms with Gasteiger partial charge in [0.25, 0.3) is 5.91 Å². The van der Waals surface area contributed by atoms with Crippen LogP contribution >= 0.6 is 0 Å². The summed E-state index contributed by atoms with van der Waals surface area (Å²) in [7, 11) is 3.28. The topological polar surface area (TPSA) is 37.6 Å². The van der Waals surface area contributed by atoms with Crippen LogP contribution in [0.3, 0.4) is 0 Å². The first-order valence-corrected chi connectivity index (χ1v) is 5.81. The van der Waals surface area contributed by atoms with Crippen molar-refractivity contribution in [2.45, 2.75) is 19.8 Å². The molecule has 0 atom stereocenters. The summed E-state index contributed by atoms with van der Waals surface area (Å²) in [6.07, 6.45) is 1.68. The molecule has 1 amide bonds. The van der Waals surface area contributed by atoms with Crippen LogP contribution < -0.4 is 0 Å². The highest BCUT2D eigenvalue weighted by Crippen LogP contribution is 2.22. The maximum absolute atomic E-state index is 14.2. The lowest BCUT2D eigenvalue weighted by Crippen LogP contribution is -2.22. The van der Waals surface area contributed by atoms with Crippen LogP contribution in [0.5, 0.6) is 0 Å². The third-order valence-corrected chi connectivity index (χ3v) is 2.86. The van der Waals surface area contributed by atoms with Crippen LogP contribution in [0.25, 0.3) is 5.52 Å². The van der Waals surface area contributed by atoms with Crippen molar-refractivity contribution in [1.82, 2.24) is 14.5 Å². The molecule has 0 aliphatic heterocycles. The standard InChI is InChI=1S/C13H16FN3O/c1-8(2)9-5-6-17-11(12(9)14)7-10(15-17)13(18)16(3)4/h5-8H,1-4H3. The number of carbonyl (C=O) groups is 1. The summed E-state index contributed by atoms with van der Waals surface area (Å²) in [5.41, 5.74) is 1.22. The summed E-state index contributed by atoms with van der Waals surface area (Å²) in [4.78, 5) is 13.2. The van der Waals surface area contributed by atoms with Gasteiger partial charge < -0.3 is 4.90 Å². The quantitative estimate of drug-likeness (QED) is 0.819. The van der Waals surface area contributed by atoms with Gasteiger partial charge in [0.05, 0.1) is 0 Å². The van der Waals surface area contributed by atoms with Crippen molar-refractivity contribution in [1.29, 1.82) is 0 Å². The molecule has 0 bridgehead atoms. The van der Waals surface area contributed by atoms with Crippen LogP contribution in [0.1, 0.15) is 35.8 Å². The molecule has 4 nitrogen and oxygen atoms in total. The molecule has 0 fully saturated rings. The van der Waals surface area contributed by atoms with Crippen molar-refractivity contribution in [3.05, 3.63) is 35.4 Å². The zero-order valence-electron chi connectivity index (χ0n) is 10.9. The van der Waals surface area contributed by atoms with Crippen LogP contribution in [-0.4, -0.2) is 34.5 Å². The maximum atomic E-state index is 14.2. The van der Waals surface area contributed by atoms with Gasteiger partial charge in [0.2, 0.25) is 0 Å². The predicted octanol–water partition coefficient (Wildman–Crippen LogP) is 2.30. The van der Waals surface area contributed by atoms with E-state index in [0.29, 0.717) is 11.1 Å². The molecule has 2 rings (SSSR count). The lowest BCUT2D eigenvalue weighted by Gasteiger charge is -2.07. The second-order valence-corrected chi connectivity index (χ2v) is 4.80. The molecule has 0 aromatic carbocycles. The van der Waals surface area contributed by atoms with E-state index in [1.54, 1.807) is 26.4 Å². The van der Waals surface area contributed by atoms with E-state index in [2.05, 4.69) is 5.10 Å². The highest BCUT2D eigenvalue weighted by molar-refractivity contribution is 5.93. The Morgan fingerprint density at radius 3 is 2.67 bits per heavy atom. The molecular weight excluding hydrogens is 233 g/mol. The van der Waals surface area contributed by atoms with Crippen molar-refractivity contribution in [2.24, 2.45) is 0 Å².